The number of ether oxygens (including phenoxy) is 2. The Kier molecular flexibility index (Phi) is 8.46. The van der Waals surface area contributed by atoms with Gasteiger partial charge in [0, 0.05) is 28.6 Å². The molecule has 0 spiro atoms. The van der Waals surface area contributed by atoms with Crippen molar-refractivity contribution in [2.45, 2.75) is 39.2 Å². The van der Waals surface area contributed by atoms with Crippen molar-refractivity contribution >= 4 is 16.8 Å². The zero-order valence-electron chi connectivity index (χ0n) is 21.4. The Bertz CT molecular complexity index is 1370. The Morgan fingerprint density at radius 3 is 2.65 bits per heavy atom. The lowest BCUT2D eigenvalue weighted by Gasteiger charge is -2.24. The first-order chi connectivity index (χ1) is 18.0. The number of carbonyl (C=O) groups excluding carboxylic acids is 1. The van der Waals surface area contributed by atoms with Gasteiger partial charge < -0.3 is 24.9 Å². The molecular weight excluding hydrogens is 471 g/mol. The minimum absolute atomic E-state index is 0.173. The van der Waals surface area contributed by atoms with Gasteiger partial charge in [-0.1, -0.05) is 38.1 Å². The van der Waals surface area contributed by atoms with Gasteiger partial charge in [-0.25, -0.2) is 4.39 Å². The molecule has 0 radical (unpaired) electrons. The van der Waals surface area contributed by atoms with E-state index in [1.165, 1.54) is 6.07 Å². The normalized spacial score (nSPS) is 12.8. The molecule has 1 unspecified atom stereocenters. The Morgan fingerprint density at radius 2 is 1.89 bits per heavy atom. The van der Waals surface area contributed by atoms with Gasteiger partial charge in [0.15, 0.2) is 0 Å². The van der Waals surface area contributed by atoms with Crippen LogP contribution in [0.15, 0.2) is 66.9 Å². The molecule has 0 saturated carbocycles. The molecule has 0 aliphatic carbocycles. The maximum absolute atomic E-state index is 14.8. The molecule has 0 saturated heterocycles. The van der Waals surface area contributed by atoms with Crippen LogP contribution in [-0.4, -0.2) is 41.9 Å². The van der Waals surface area contributed by atoms with Crippen LogP contribution in [0.2, 0.25) is 0 Å². The molecule has 1 aromatic heterocycles. The number of aromatic amines is 1. The standard InChI is InChI=1S/C30H33FN2O4/c1-4-14-37-29-13-10-20(23-16-21(36-5-2)11-12-26(23)31)15-24(29)30(35)33-28(18-34)19(3)25-17-32-27-9-7-6-8-22(25)27/h6-13,15-17,19,28,32,34H,4-5,14,18H2,1-3H3,(H,33,35)/t19-,28?/m1/s1. The third-order valence-electron chi connectivity index (χ3n) is 6.47. The number of benzene rings is 3. The number of nitrogens with one attached hydrogen (secondary N) is 2. The van der Waals surface area contributed by atoms with Crippen molar-refractivity contribution in [3.63, 3.8) is 0 Å². The first-order valence-electron chi connectivity index (χ1n) is 12.6. The number of fused-ring (bicyclic) bond motifs is 1. The number of hydrogen-bond donors (Lipinski definition) is 3. The predicted molar refractivity (Wildman–Crippen MR) is 144 cm³/mol. The number of aliphatic hydroxyl groups excluding tert-OH is 1. The van der Waals surface area contributed by atoms with E-state index in [1.807, 2.05) is 51.2 Å². The summed E-state index contributed by atoms with van der Waals surface area (Å²) in [5, 5.41) is 14.2. The summed E-state index contributed by atoms with van der Waals surface area (Å²) in [6.07, 6.45) is 2.68. The van der Waals surface area contributed by atoms with Crippen molar-refractivity contribution in [1.82, 2.24) is 10.3 Å². The van der Waals surface area contributed by atoms with E-state index < -0.39 is 17.8 Å². The third kappa shape index (κ3) is 5.78. The molecule has 6 nitrogen and oxygen atoms in total. The van der Waals surface area contributed by atoms with E-state index in [0.29, 0.717) is 35.8 Å². The molecule has 3 aromatic carbocycles. The van der Waals surface area contributed by atoms with Gasteiger partial charge >= 0.3 is 0 Å². The number of aromatic nitrogens is 1. The third-order valence-corrected chi connectivity index (χ3v) is 6.47. The van der Waals surface area contributed by atoms with Gasteiger partial charge in [0.05, 0.1) is 31.4 Å². The van der Waals surface area contributed by atoms with E-state index >= 15 is 0 Å². The number of hydrogen-bond acceptors (Lipinski definition) is 4. The fourth-order valence-electron chi connectivity index (χ4n) is 4.46. The largest absolute Gasteiger partial charge is 0.494 e. The number of para-hydroxylation sites is 1. The van der Waals surface area contributed by atoms with E-state index in [9.17, 15) is 14.3 Å². The van der Waals surface area contributed by atoms with Crippen molar-refractivity contribution in [1.29, 1.82) is 0 Å². The van der Waals surface area contributed by atoms with Crippen LogP contribution in [0.25, 0.3) is 22.0 Å². The summed E-state index contributed by atoms with van der Waals surface area (Å²) < 4.78 is 26.1. The molecule has 0 bridgehead atoms. The van der Waals surface area contributed by atoms with Crippen molar-refractivity contribution in [3.8, 4) is 22.6 Å². The molecule has 0 aliphatic heterocycles. The van der Waals surface area contributed by atoms with Crippen LogP contribution in [0, 0.1) is 5.82 Å². The highest BCUT2D eigenvalue weighted by Crippen LogP contribution is 2.32. The molecule has 4 rings (SSSR count). The maximum Gasteiger partial charge on any atom is 0.255 e. The summed E-state index contributed by atoms with van der Waals surface area (Å²) in [6.45, 7) is 6.45. The van der Waals surface area contributed by atoms with Crippen molar-refractivity contribution in [2.75, 3.05) is 19.8 Å². The molecule has 2 atom stereocenters. The fourth-order valence-corrected chi connectivity index (χ4v) is 4.46. The van der Waals surface area contributed by atoms with E-state index in [-0.39, 0.29) is 18.1 Å². The Balaban J connectivity index is 1.66. The van der Waals surface area contributed by atoms with Crippen LogP contribution in [-0.2, 0) is 0 Å². The number of rotatable bonds is 11. The average molecular weight is 505 g/mol. The van der Waals surface area contributed by atoms with Gasteiger partial charge in [0.1, 0.15) is 17.3 Å². The summed E-state index contributed by atoms with van der Waals surface area (Å²) in [5.41, 5.74) is 3.12. The first kappa shape index (κ1) is 26.2. The Morgan fingerprint density at radius 1 is 1.08 bits per heavy atom. The van der Waals surface area contributed by atoms with Gasteiger partial charge in [-0.3, -0.25) is 4.79 Å². The smallest absolute Gasteiger partial charge is 0.255 e. The van der Waals surface area contributed by atoms with Crippen LogP contribution in [0.1, 0.15) is 49.0 Å². The molecule has 1 heterocycles. The zero-order valence-corrected chi connectivity index (χ0v) is 21.4. The second-order valence-electron chi connectivity index (χ2n) is 8.97. The number of halogens is 1. The quantitative estimate of drug-likeness (QED) is 0.232. The van der Waals surface area contributed by atoms with E-state index in [2.05, 4.69) is 10.3 Å². The lowest BCUT2D eigenvalue weighted by Crippen LogP contribution is -2.41. The van der Waals surface area contributed by atoms with Crippen LogP contribution in [0.5, 0.6) is 11.5 Å². The predicted octanol–water partition coefficient (Wildman–Crippen LogP) is 6.06. The number of amides is 1. The van der Waals surface area contributed by atoms with Crippen LogP contribution < -0.4 is 14.8 Å². The van der Waals surface area contributed by atoms with Gasteiger partial charge in [-0.05, 0) is 60.9 Å². The topological polar surface area (TPSA) is 83.6 Å². The minimum Gasteiger partial charge on any atom is -0.494 e. The molecule has 194 valence electrons. The second-order valence-corrected chi connectivity index (χ2v) is 8.97. The zero-order chi connectivity index (χ0) is 26.4. The Labute approximate surface area is 216 Å². The van der Waals surface area contributed by atoms with Gasteiger partial charge in [0.25, 0.3) is 5.91 Å². The average Bonchev–Trinajstić information content (AvgIpc) is 3.35. The number of H-pyrrole nitrogens is 1. The first-order valence-corrected chi connectivity index (χ1v) is 12.6. The van der Waals surface area contributed by atoms with Gasteiger partial charge in [-0.15, -0.1) is 0 Å². The van der Waals surface area contributed by atoms with E-state index in [0.717, 1.165) is 22.9 Å². The minimum atomic E-state index is -0.549. The van der Waals surface area contributed by atoms with Crippen LogP contribution >= 0.6 is 0 Å². The van der Waals surface area contributed by atoms with Crippen molar-refractivity contribution in [2.24, 2.45) is 0 Å². The molecule has 1 amide bonds. The lowest BCUT2D eigenvalue weighted by atomic mass is 9.93. The summed E-state index contributed by atoms with van der Waals surface area (Å²) in [5.74, 6) is -0.0445. The Hall–Kier alpha value is -3.84. The molecule has 7 heteroatoms. The molecule has 0 fully saturated rings. The summed E-state index contributed by atoms with van der Waals surface area (Å²) in [4.78, 5) is 16.8. The molecule has 3 N–H and O–H groups in total. The highest BCUT2D eigenvalue weighted by atomic mass is 19.1. The molecule has 37 heavy (non-hydrogen) atoms. The monoisotopic (exact) mass is 504 g/mol. The SMILES string of the molecule is CCCOc1ccc(-c2cc(OCC)ccc2F)cc1C(=O)NC(CO)[C@H](C)c1c[nH]c2ccccc12. The molecule has 4 aromatic rings. The highest BCUT2D eigenvalue weighted by Gasteiger charge is 2.25. The van der Waals surface area contributed by atoms with Crippen molar-refractivity contribution < 1.29 is 23.8 Å². The highest BCUT2D eigenvalue weighted by molar-refractivity contribution is 5.98. The lowest BCUT2D eigenvalue weighted by molar-refractivity contribution is 0.0903. The van der Waals surface area contributed by atoms with Crippen LogP contribution in [0.4, 0.5) is 4.39 Å². The second kappa shape index (κ2) is 11.9. The number of aliphatic hydroxyl groups is 1. The summed E-state index contributed by atoms with van der Waals surface area (Å²) in [7, 11) is 0. The van der Waals surface area contributed by atoms with E-state index in [4.69, 9.17) is 9.47 Å². The van der Waals surface area contributed by atoms with Gasteiger partial charge in [0.2, 0.25) is 0 Å². The van der Waals surface area contributed by atoms with E-state index in [1.54, 1.807) is 30.3 Å². The van der Waals surface area contributed by atoms with Crippen molar-refractivity contribution in [3.05, 3.63) is 83.8 Å². The summed E-state index contributed by atoms with van der Waals surface area (Å²) >= 11 is 0. The summed E-state index contributed by atoms with van der Waals surface area (Å²) in [6, 6.07) is 17.0. The van der Waals surface area contributed by atoms with Crippen LogP contribution in [0.3, 0.4) is 0 Å². The maximum atomic E-state index is 14.8. The molecular formula is C30H33FN2O4. The van der Waals surface area contributed by atoms with Gasteiger partial charge in [-0.2, -0.15) is 0 Å². The number of carbonyl (C=O) groups is 1. The molecule has 0 aliphatic rings. The fraction of sp³-hybridized carbons (Fsp3) is 0.300.